The fourth-order valence-corrected chi connectivity index (χ4v) is 2.87. The lowest BCUT2D eigenvalue weighted by Crippen LogP contribution is -2.04. The minimum Gasteiger partial charge on any atom is -0.465 e. The first kappa shape index (κ1) is 13.6. The number of rotatable bonds is 3. The van der Waals surface area contributed by atoms with Crippen molar-refractivity contribution >= 4 is 27.5 Å². The highest BCUT2D eigenvalue weighted by molar-refractivity contribution is 7.20. The van der Waals surface area contributed by atoms with Crippen molar-refractivity contribution in [3.8, 4) is 10.9 Å². The van der Waals surface area contributed by atoms with E-state index in [1.165, 1.54) is 18.4 Å². The van der Waals surface area contributed by atoms with Crippen molar-refractivity contribution in [2.24, 2.45) is 0 Å². The molecular formula is C16H13NO3S. The lowest BCUT2D eigenvalue weighted by atomic mass is 10.1. The minimum atomic E-state index is -0.373. The molecule has 0 aliphatic heterocycles. The molecule has 106 valence electrons. The molecule has 0 spiro atoms. The molecule has 5 heteroatoms. The Labute approximate surface area is 126 Å². The highest BCUT2D eigenvalue weighted by Crippen LogP contribution is 2.33. The summed E-state index contributed by atoms with van der Waals surface area (Å²) < 4.78 is 11.7. The Kier molecular flexibility index (Phi) is 3.58. The summed E-state index contributed by atoms with van der Waals surface area (Å²) in [7, 11) is 1.36. The van der Waals surface area contributed by atoms with Crippen LogP contribution in [0.25, 0.3) is 10.2 Å². The molecule has 0 N–H and O–H groups in total. The summed E-state index contributed by atoms with van der Waals surface area (Å²) in [6, 6.07) is 13.1. The van der Waals surface area contributed by atoms with Crippen molar-refractivity contribution in [3.63, 3.8) is 0 Å². The SMILES string of the molecule is COC(=O)c1cccc(Oc2nc3ccccc3s2)c1C. The van der Waals surface area contributed by atoms with Crippen molar-refractivity contribution in [1.82, 2.24) is 4.98 Å². The van der Waals surface area contributed by atoms with Crippen LogP contribution in [0.3, 0.4) is 0 Å². The Morgan fingerprint density at radius 1 is 1.14 bits per heavy atom. The first-order valence-corrected chi connectivity index (χ1v) is 7.22. The molecule has 2 aromatic carbocycles. The van der Waals surface area contributed by atoms with Gasteiger partial charge in [0.1, 0.15) is 5.75 Å². The molecule has 0 bridgehead atoms. The third-order valence-electron chi connectivity index (χ3n) is 3.16. The number of fused-ring (bicyclic) bond motifs is 1. The lowest BCUT2D eigenvalue weighted by molar-refractivity contribution is 0.0599. The van der Waals surface area contributed by atoms with Crippen LogP contribution in [0.2, 0.25) is 0 Å². The molecule has 3 rings (SSSR count). The molecule has 4 nitrogen and oxygen atoms in total. The van der Waals surface area contributed by atoms with Gasteiger partial charge in [-0.25, -0.2) is 9.78 Å². The Balaban J connectivity index is 1.96. The average molecular weight is 299 g/mol. The summed E-state index contributed by atoms with van der Waals surface area (Å²) in [5, 5.41) is 0.557. The normalized spacial score (nSPS) is 10.6. The molecular weight excluding hydrogens is 286 g/mol. The maximum atomic E-state index is 11.7. The first-order chi connectivity index (χ1) is 10.2. The van der Waals surface area contributed by atoms with E-state index in [9.17, 15) is 4.79 Å². The van der Waals surface area contributed by atoms with Crippen molar-refractivity contribution in [2.75, 3.05) is 7.11 Å². The van der Waals surface area contributed by atoms with Gasteiger partial charge in [-0.3, -0.25) is 0 Å². The fourth-order valence-electron chi connectivity index (χ4n) is 2.04. The minimum absolute atomic E-state index is 0.373. The summed E-state index contributed by atoms with van der Waals surface area (Å²) in [5.41, 5.74) is 2.14. The van der Waals surface area contributed by atoms with E-state index < -0.39 is 0 Å². The first-order valence-electron chi connectivity index (χ1n) is 6.40. The number of carbonyl (C=O) groups is 1. The van der Waals surface area contributed by atoms with Gasteiger partial charge in [0.05, 0.1) is 22.9 Å². The number of para-hydroxylation sites is 1. The summed E-state index contributed by atoms with van der Waals surface area (Å²) in [4.78, 5) is 16.1. The summed E-state index contributed by atoms with van der Waals surface area (Å²) in [5.74, 6) is 0.235. The van der Waals surface area contributed by atoms with Crippen molar-refractivity contribution < 1.29 is 14.3 Å². The quantitative estimate of drug-likeness (QED) is 0.681. The predicted octanol–water partition coefficient (Wildman–Crippen LogP) is 4.18. The smallest absolute Gasteiger partial charge is 0.338 e. The van der Waals surface area contributed by atoms with E-state index in [0.29, 0.717) is 16.5 Å². The Morgan fingerprint density at radius 3 is 2.71 bits per heavy atom. The molecule has 0 radical (unpaired) electrons. The van der Waals surface area contributed by atoms with Crippen LogP contribution >= 0.6 is 11.3 Å². The van der Waals surface area contributed by atoms with Crippen LogP contribution < -0.4 is 4.74 Å². The molecule has 0 amide bonds. The molecule has 3 aromatic rings. The fraction of sp³-hybridized carbons (Fsp3) is 0.125. The van der Waals surface area contributed by atoms with E-state index in [-0.39, 0.29) is 5.97 Å². The third kappa shape index (κ3) is 2.60. The molecule has 0 unspecified atom stereocenters. The van der Waals surface area contributed by atoms with Crippen LogP contribution in [0, 0.1) is 6.92 Å². The Morgan fingerprint density at radius 2 is 1.95 bits per heavy atom. The van der Waals surface area contributed by atoms with Crippen LogP contribution in [0.1, 0.15) is 15.9 Å². The van der Waals surface area contributed by atoms with Crippen LogP contribution in [0.4, 0.5) is 0 Å². The van der Waals surface area contributed by atoms with Crippen molar-refractivity contribution in [1.29, 1.82) is 0 Å². The second-order valence-electron chi connectivity index (χ2n) is 4.47. The van der Waals surface area contributed by atoms with Crippen LogP contribution in [-0.4, -0.2) is 18.1 Å². The molecule has 0 saturated heterocycles. The van der Waals surface area contributed by atoms with Crippen molar-refractivity contribution in [3.05, 3.63) is 53.6 Å². The highest BCUT2D eigenvalue weighted by Gasteiger charge is 2.14. The zero-order chi connectivity index (χ0) is 14.8. The maximum Gasteiger partial charge on any atom is 0.338 e. The van der Waals surface area contributed by atoms with Gasteiger partial charge in [0.2, 0.25) is 0 Å². The molecule has 0 aliphatic carbocycles. The van der Waals surface area contributed by atoms with E-state index in [4.69, 9.17) is 9.47 Å². The number of benzene rings is 2. The highest BCUT2D eigenvalue weighted by atomic mass is 32.1. The molecule has 1 aromatic heterocycles. The number of methoxy groups -OCH3 is 1. The summed E-state index contributed by atoms with van der Waals surface area (Å²) >= 11 is 1.47. The number of hydrogen-bond acceptors (Lipinski definition) is 5. The second kappa shape index (κ2) is 5.54. The molecule has 21 heavy (non-hydrogen) atoms. The molecule has 1 heterocycles. The van der Waals surface area contributed by atoms with Crippen LogP contribution in [0.15, 0.2) is 42.5 Å². The molecule has 0 saturated carbocycles. The monoisotopic (exact) mass is 299 g/mol. The Bertz CT molecular complexity index is 777. The largest absolute Gasteiger partial charge is 0.465 e. The third-order valence-corrected chi connectivity index (χ3v) is 4.08. The van der Waals surface area contributed by atoms with Gasteiger partial charge in [-0.2, -0.15) is 0 Å². The summed E-state index contributed by atoms with van der Waals surface area (Å²) in [6.45, 7) is 1.83. The van der Waals surface area contributed by atoms with Crippen molar-refractivity contribution in [2.45, 2.75) is 6.92 Å². The number of carbonyl (C=O) groups excluding carboxylic acids is 1. The zero-order valence-corrected chi connectivity index (χ0v) is 12.4. The Hall–Kier alpha value is -2.40. The number of esters is 1. The number of ether oxygens (including phenoxy) is 2. The maximum absolute atomic E-state index is 11.7. The van der Waals surface area contributed by atoms with Gasteiger partial charge in [0, 0.05) is 5.56 Å². The standard InChI is InChI=1S/C16H13NO3S/c1-10-11(15(18)19-2)6-5-8-13(10)20-16-17-12-7-3-4-9-14(12)21-16/h3-9H,1-2H3. The number of thiazole rings is 1. The topological polar surface area (TPSA) is 48.4 Å². The van der Waals surface area contributed by atoms with Gasteiger partial charge in [-0.15, -0.1) is 0 Å². The average Bonchev–Trinajstić information content (AvgIpc) is 2.91. The van der Waals surface area contributed by atoms with Gasteiger partial charge >= 0.3 is 5.97 Å². The van der Waals surface area contributed by atoms with Gasteiger partial charge in [0.25, 0.3) is 5.19 Å². The molecule has 0 atom stereocenters. The predicted molar refractivity (Wildman–Crippen MR) is 82.2 cm³/mol. The van der Waals surface area contributed by atoms with Crippen LogP contribution in [0.5, 0.6) is 10.9 Å². The molecule has 0 fully saturated rings. The van der Waals surface area contributed by atoms with Gasteiger partial charge in [-0.1, -0.05) is 29.5 Å². The van der Waals surface area contributed by atoms with E-state index in [2.05, 4.69) is 4.98 Å². The van der Waals surface area contributed by atoms with Gasteiger partial charge in [-0.05, 0) is 31.2 Å². The second-order valence-corrected chi connectivity index (χ2v) is 5.46. The van der Waals surface area contributed by atoms with Crippen LogP contribution in [-0.2, 0) is 4.74 Å². The number of hydrogen-bond donors (Lipinski definition) is 0. The van der Waals surface area contributed by atoms with Gasteiger partial charge in [0.15, 0.2) is 0 Å². The number of aromatic nitrogens is 1. The molecule has 0 aliphatic rings. The summed E-state index contributed by atoms with van der Waals surface area (Å²) in [6.07, 6.45) is 0. The van der Waals surface area contributed by atoms with Gasteiger partial charge < -0.3 is 9.47 Å². The lowest BCUT2D eigenvalue weighted by Gasteiger charge is -2.09. The van der Waals surface area contributed by atoms with E-state index in [1.807, 2.05) is 37.3 Å². The zero-order valence-electron chi connectivity index (χ0n) is 11.6. The van der Waals surface area contributed by atoms with E-state index in [1.54, 1.807) is 12.1 Å². The number of nitrogens with zero attached hydrogens (tertiary/aromatic N) is 1. The van der Waals surface area contributed by atoms with E-state index in [0.717, 1.165) is 15.8 Å². The van der Waals surface area contributed by atoms with E-state index >= 15 is 0 Å².